The van der Waals surface area contributed by atoms with E-state index in [0.29, 0.717) is 0 Å². The molecule has 13 heavy (non-hydrogen) atoms. The Balaban J connectivity index is 0. The van der Waals surface area contributed by atoms with E-state index < -0.39 is 13.2 Å². The van der Waals surface area contributed by atoms with E-state index in [-0.39, 0.29) is 12.3 Å². The molecule has 0 spiro atoms. The third-order valence-electron chi connectivity index (χ3n) is 1.50. The molecule has 0 aromatic heterocycles. The minimum atomic E-state index is -4.10. The molecule has 5 nitrogen and oxygen atoms in total. The van der Waals surface area contributed by atoms with Gasteiger partial charge in [0.2, 0.25) is 13.7 Å². The summed E-state index contributed by atoms with van der Waals surface area (Å²) in [6.07, 6.45) is 0.115. The van der Waals surface area contributed by atoms with Gasteiger partial charge in [-0.25, -0.2) is 0 Å². The van der Waals surface area contributed by atoms with E-state index in [1.165, 1.54) is 7.11 Å². The van der Waals surface area contributed by atoms with Crippen LogP contribution in [0.5, 0.6) is 0 Å². The molecule has 0 aliphatic heterocycles. The zero-order valence-corrected chi connectivity index (χ0v) is 8.99. The van der Waals surface area contributed by atoms with Gasteiger partial charge in [0.1, 0.15) is 0 Å². The molecule has 0 aliphatic rings. The van der Waals surface area contributed by atoms with Crippen molar-refractivity contribution in [2.45, 2.75) is 13.8 Å². The molecule has 0 saturated heterocycles. The molecule has 0 aliphatic carbocycles. The smallest absolute Gasteiger partial charge is 0.235 e. The zero-order chi connectivity index (χ0) is 11.1. The van der Waals surface area contributed by atoms with Crippen LogP contribution in [0.1, 0.15) is 13.8 Å². The Hall–Kier alpha value is -0.155. The summed E-state index contributed by atoms with van der Waals surface area (Å²) in [4.78, 5) is 35.9. The van der Waals surface area contributed by atoms with E-state index >= 15 is 0 Å². The van der Waals surface area contributed by atoms with E-state index in [1.54, 1.807) is 13.8 Å². The van der Waals surface area contributed by atoms with Gasteiger partial charge in [-0.2, -0.15) is 0 Å². The van der Waals surface area contributed by atoms with Crippen LogP contribution >= 0.6 is 7.28 Å². The zero-order valence-electron chi connectivity index (χ0n) is 8.10. The van der Waals surface area contributed by atoms with Gasteiger partial charge in [0.15, 0.2) is 0 Å². The molecule has 7 heteroatoms. The maximum Gasteiger partial charge on any atom is 0.235 e. The van der Waals surface area contributed by atoms with Crippen LogP contribution < -0.4 is 0 Å². The number of carbonyl (C=O) groups excluding carboxylic acids is 1. The first-order valence-electron chi connectivity index (χ1n) is 3.75. The van der Waals surface area contributed by atoms with Gasteiger partial charge in [0, 0.05) is 0 Å². The van der Waals surface area contributed by atoms with Crippen molar-refractivity contribution in [2.24, 2.45) is 0 Å². The van der Waals surface area contributed by atoms with Crippen molar-refractivity contribution in [2.75, 3.05) is 19.4 Å². The molecule has 0 aromatic rings. The van der Waals surface area contributed by atoms with Gasteiger partial charge in [-0.3, -0.25) is 4.79 Å². The SMILES string of the molecule is CCP(O)(O)(O)CC.[B]C(=O)OC. The summed E-state index contributed by atoms with van der Waals surface area (Å²) in [5, 5.41) is 0. The van der Waals surface area contributed by atoms with Crippen LogP contribution in [0.2, 0.25) is 0 Å². The third-order valence-corrected chi connectivity index (χ3v) is 4.09. The Labute approximate surface area is 79.3 Å². The molecule has 0 rings (SSSR count). The van der Waals surface area contributed by atoms with Crippen molar-refractivity contribution < 1.29 is 24.2 Å². The van der Waals surface area contributed by atoms with Crippen LogP contribution in [0.25, 0.3) is 0 Å². The molecule has 0 amide bonds. The van der Waals surface area contributed by atoms with E-state index in [1.807, 2.05) is 0 Å². The molecule has 2 radical (unpaired) electrons. The number of ether oxygens (including phenoxy) is 1. The average molecular weight is 210 g/mol. The Bertz CT molecular complexity index is 156. The quantitative estimate of drug-likeness (QED) is 0.448. The van der Waals surface area contributed by atoms with Gasteiger partial charge in [0.25, 0.3) is 0 Å². The summed E-state index contributed by atoms with van der Waals surface area (Å²) in [6.45, 7) is 3.11. The van der Waals surface area contributed by atoms with E-state index in [4.69, 9.17) is 14.7 Å². The maximum atomic E-state index is 9.37. The van der Waals surface area contributed by atoms with Crippen LogP contribution in [-0.2, 0) is 4.74 Å². The van der Waals surface area contributed by atoms with Crippen molar-refractivity contribution in [3.8, 4) is 0 Å². The number of methoxy groups -OCH3 is 1. The van der Waals surface area contributed by atoms with Crippen molar-refractivity contribution in [3.05, 3.63) is 0 Å². The van der Waals surface area contributed by atoms with Crippen LogP contribution in [-0.4, -0.2) is 47.8 Å². The predicted octanol–water partition coefficient (Wildman–Crippen LogP) is 0.223. The topological polar surface area (TPSA) is 87.0 Å². The van der Waals surface area contributed by atoms with Crippen molar-refractivity contribution >= 4 is 21.0 Å². The molecule has 0 saturated carbocycles. The Morgan fingerprint density at radius 3 is 1.54 bits per heavy atom. The second-order valence-corrected chi connectivity index (χ2v) is 6.44. The number of hydrogen-bond donors (Lipinski definition) is 3. The van der Waals surface area contributed by atoms with Crippen LogP contribution in [0.15, 0.2) is 0 Å². The van der Waals surface area contributed by atoms with Gasteiger partial charge in [-0.15, -0.1) is 0 Å². The molecule has 3 N–H and O–H groups in total. The normalized spacial score (nSPS) is 13.2. The van der Waals surface area contributed by atoms with Gasteiger partial charge in [-0.1, -0.05) is 0 Å². The first kappa shape index (κ1) is 15.3. The minimum absolute atomic E-state index is 0.0576. The summed E-state index contributed by atoms with van der Waals surface area (Å²) in [5.74, 6) is -0.745. The molecule has 0 atom stereocenters. The van der Waals surface area contributed by atoms with E-state index in [2.05, 4.69) is 12.6 Å². The minimum Gasteiger partial charge on any atom is -0.478 e. The summed E-state index contributed by atoms with van der Waals surface area (Å²) in [7, 11) is 1.55. The molecular weight excluding hydrogens is 194 g/mol. The van der Waals surface area contributed by atoms with Crippen molar-refractivity contribution in [1.82, 2.24) is 0 Å². The fourth-order valence-electron chi connectivity index (χ4n) is 0.224. The maximum absolute atomic E-state index is 9.37. The first-order valence-corrected chi connectivity index (χ1v) is 6.22. The average Bonchev–Trinajstić information content (AvgIpc) is 2.05. The summed E-state index contributed by atoms with van der Waals surface area (Å²) < 4.78 is 3.89. The monoisotopic (exact) mass is 210 g/mol. The molecule has 0 fully saturated rings. The Morgan fingerprint density at radius 1 is 1.31 bits per heavy atom. The molecule has 0 heterocycles. The Kier molecular flexibility index (Phi) is 6.54. The summed E-state index contributed by atoms with van der Waals surface area (Å²) >= 11 is 0. The molecule has 0 aromatic carbocycles. The second kappa shape index (κ2) is 5.55. The fourth-order valence-corrected chi connectivity index (χ4v) is 0.671. The van der Waals surface area contributed by atoms with Gasteiger partial charge >= 0.3 is 48.1 Å². The third kappa shape index (κ3) is 11.8. The van der Waals surface area contributed by atoms with E-state index in [0.717, 1.165) is 0 Å². The summed E-state index contributed by atoms with van der Waals surface area (Å²) in [5.41, 5.74) is 0. The van der Waals surface area contributed by atoms with Crippen molar-refractivity contribution in [3.63, 3.8) is 0 Å². The van der Waals surface area contributed by atoms with Gasteiger partial charge in [-0.05, 0) is 0 Å². The molecule has 78 valence electrons. The largest absolute Gasteiger partial charge is 0.478 e. The van der Waals surface area contributed by atoms with Crippen LogP contribution in [0.3, 0.4) is 0 Å². The van der Waals surface area contributed by atoms with Crippen LogP contribution in [0, 0.1) is 0 Å². The van der Waals surface area contributed by atoms with Crippen molar-refractivity contribution in [1.29, 1.82) is 0 Å². The van der Waals surface area contributed by atoms with E-state index in [9.17, 15) is 4.79 Å². The number of carbonyl (C=O) groups is 1. The standard InChI is InChI=1S/C4H13O3P.C2H3BO2/c1-3-8(5,6,7)4-2;1-5-2(3)4/h5-7H,3-4H2,1-2H3;1H3. The van der Waals surface area contributed by atoms with Gasteiger partial charge < -0.3 is 4.74 Å². The second-order valence-electron chi connectivity index (χ2n) is 2.50. The Morgan fingerprint density at radius 2 is 1.54 bits per heavy atom. The van der Waals surface area contributed by atoms with Crippen LogP contribution in [0.4, 0.5) is 4.79 Å². The number of hydrogen-bond acceptors (Lipinski definition) is 5. The summed E-state index contributed by atoms with van der Waals surface area (Å²) in [6, 6.07) is 0. The van der Waals surface area contributed by atoms with Gasteiger partial charge in [0.05, 0.1) is 7.11 Å². The molecule has 0 bridgehead atoms. The molecule has 0 unspecified atom stereocenters. The predicted molar refractivity (Wildman–Crippen MR) is 52.8 cm³/mol. The fraction of sp³-hybridized carbons (Fsp3) is 0.833. The first-order chi connectivity index (χ1) is 5.66. The molecular formula is C6H16BO5P. The number of rotatable bonds is 2.